The largest absolute Gasteiger partial charge is 0.495 e. The van der Waals surface area contributed by atoms with E-state index >= 15 is 0 Å². The van der Waals surface area contributed by atoms with Gasteiger partial charge in [-0.2, -0.15) is 0 Å². The Kier molecular flexibility index (Phi) is 6.51. The number of amides is 3. The van der Waals surface area contributed by atoms with Gasteiger partial charge in [0.2, 0.25) is 5.91 Å². The summed E-state index contributed by atoms with van der Waals surface area (Å²) in [6, 6.07) is 9.54. The zero-order valence-electron chi connectivity index (χ0n) is 13.6. The molecule has 0 heterocycles. The van der Waals surface area contributed by atoms with E-state index in [1.165, 1.54) is 25.3 Å². The van der Waals surface area contributed by atoms with Crippen LogP contribution >= 0.6 is 11.6 Å². The van der Waals surface area contributed by atoms with Crippen LogP contribution in [0.25, 0.3) is 0 Å². The SMILES string of the molecule is COc1ccc(Cl)cc1NC(=O)CNC(=O)C(=O)Nc1ccc(F)cc1. The molecule has 0 saturated carbocycles. The van der Waals surface area contributed by atoms with Gasteiger partial charge in [0, 0.05) is 10.7 Å². The van der Waals surface area contributed by atoms with Gasteiger partial charge >= 0.3 is 11.8 Å². The normalized spacial score (nSPS) is 9.96. The van der Waals surface area contributed by atoms with Gasteiger partial charge in [-0.3, -0.25) is 14.4 Å². The molecule has 0 aliphatic carbocycles. The quantitative estimate of drug-likeness (QED) is 0.694. The first kappa shape index (κ1) is 19.2. The van der Waals surface area contributed by atoms with E-state index < -0.39 is 30.1 Å². The fourth-order valence-electron chi connectivity index (χ4n) is 1.93. The Labute approximate surface area is 153 Å². The first-order chi connectivity index (χ1) is 12.4. The van der Waals surface area contributed by atoms with E-state index in [1.54, 1.807) is 12.1 Å². The summed E-state index contributed by atoms with van der Waals surface area (Å²) < 4.78 is 17.9. The van der Waals surface area contributed by atoms with Gasteiger partial charge < -0.3 is 20.7 Å². The summed E-state index contributed by atoms with van der Waals surface area (Å²) in [5.41, 5.74) is 0.578. The summed E-state index contributed by atoms with van der Waals surface area (Å²) in [7, 11) is 1.43. The molecule has 9 heteroatoms. The van der Waals surface area contributed by atoms with Gasteiger partial charge in [0.1, 0.15) is 11.6 Å². The van der Waals surface area contributed by atoms with Crippen LogP contribution in [0.1, 0.15) is 0 Å². The third-order valence-electron chi connectivity index (χ3n) is 3.15. The fraction of sp³-hybridized carbons (Fsp3) is 0.118. The van der Waals surface area contributed by atoms with Gasteiger partial charge in [-0.05, 0) is 42.5 Å². The molecule has 0 unspecified atom stereocenters. The van der Waals surface area contributed by atoms with Crippen molar-refractivity contribution in [1.29, 1.82) is 0 Å². The number of anilines is 2. The minimum atomic E-state index is -1.01. The maximum Gasteiger partial charge on any atom is 0.313 e. The van der Waals surface area contributed by atoms with Gasteiger partial charge in [-0.25, -0.2) is 4.39 Å². The van der Waals surface area contributed by atoms with E-state index in [2.05, 4.69) is 16.0 Å². The van der Waals surface area contributed by atoms with Crippen LogP contribution in [0.3, 0.4) is 0 Å². The van der Waals surface area contributed by atoms with E-state index in [9.17, 15) is 18.8 Å². The van der Waals surface area contributed by atoms with Crippen LogP contribution in [0.15, 0.2) is 42.5 Å². The number of methoxy groups -OCH3 is 1. The van der Waals surface area contributed by atoms with E-state index in [0.29, 0.717) is 16.5 Å². The molecule has 0 aliphatic rings. The van der Waals surface area contributed by atoms with Crippen molar-refractivity contribution in [2.24, 2.45) is 0 Å². The van der Waals surface area contributed by atoms with Crippen LogP contribution in [-0.2, 0) is 14.4 Å². The summed E-state index contributed by atoms with van der Waals surface area (Å²) in [6.45, 7) is -0.439. The summed E-state index contributed by atoms with van der Waals surface area (Å²) in [5.74, 6) is -2.65. The monoisotopic (exact) mass is 379 g/mol. The second-order valence-corrected chi connectivity index (χ2v) is 5.47. The maximum atomic E-state index is 12.8. The van der Waals surface area contributed by atoms with Crippen LogP contribution < -0.4 is 20.7 Å². The maximum absolute atomic E-state index is 12.8. The van der Waals surface area contributed by atoms with Crippen molar-refractivity contribution in [2.75, 3.05) is 24.3 Å². The number of halogens is 2. The molecule has 3 amide bonds. The van der Waals surface area contributed by atoms with Crippen LogP contribution in [0, 0.1) is 5.82 Å². The highest BCUT2D eigenvalue weighted by Crippen LogP contribution is 2.27. The first-order valence-corrected chi connectivity index (χ1v) is 7.75. The molecule has 2 rings (SSSR count). The molecule has 0 fully saturated rings. The number of benzene rings is 2. The molecule has 2 aromatic rings. The Hall–Kier alpha value is -3.13. The second-order valence-electron chi connectivity index (χ2n) is 5.04. The number of ether oxygens (including phenoxy) is 1. The smallest absolute Gasteiger partial charge is 0.313 e. The molecule has 136 valence electrons. The van der Waals surface area contributed by atoms with Crippen molar-refractivity contribution in [3.63, 3.8) is 0 Å². The molecule has 26 heavy (non-hydrogen) atoms. The number of carbonyl (C=O) groups excluding carboxylic acids is 3. The number of nitrogens with one attached hydrogen (secondary N) is 3. The van der Waals surface area contributed by atoms with Crippen LogP contribution in [0.5, 0.6) is 5.75 Å². The third kappa shape index (κ3) is 5.45. The van der Waals surface area contributed by atoms with Crippen molar-refractivity contribution in [2.45, 2.75) is 0 Å². The summed E-state index contributed by atoms with van der Waals surface area (Å²) >= 11 is 5.86. The summed E-state index contributed by atoms with van der Waals surface area (Å²) in [5, 5.41) is 7.36. The molecule has 0 atom stereocenters. The highest BCUT2D eigenvalue weighted by molar-refractivity contribution is 6.40. The lowest BCUT2D eigenvalue weighted by Gasteiger charge is -2.11. The number of hydrogen-bond donors (Lipinski definition) is 3. The van der Waals surface area contributed by atoms with Crippen molar-refractivity contribution in [3.8, 4) is 5.75 Å². The molecule has 0 radical (unpaired) electrons. The minimum Gasteiger partial charge on any atom is -0.495 e. The van der Waals surface area contributed by atoms with Crippen molar-refractivity contribution >= 4 is 40.7 Å². The van der Waals surface area contributed by atoms with Gasteiger partial charge in [0.25, 0.3) is 0 Å². The van der Waals surface area contributed by atoms with Crippen LogP contribution in [0.4, 0.5) is 15.8 Å². The lowest BCUT2D eigenvalue weighted by Crippen LogP contribution is -2.39. The predicted molar refractivity (Wildman–Crippen MR) is 94.7 cm³/mol. The molecule has 0 saturated heterocycles. The standard InChI is InChI=1S/C17H15ClFN3O4/c1-26-14-7-2-10(18)8-13(14)22-15(23)9-20-16(24)17(25)21-12-5-3-11(19)4-6-12/h2-8H,9H2,1H3,(H,20,24)(H,21,25)(H,22,23). The predicted octanol–water partition coefficient (Wildman–Crippen LogP) is 2.18. The number of hydrogen-bond acceptors (Lipinski definition) is 4. The van der Waals surface area contributed by atoms with Gasteiger partial charge in [0.15, 0.2) is 0 Å². The molecular weight excluding hydrogens is 365 g/mol. The molecular formula is C17H15ClFN3O4. The Bertz CT molecular complexity index is 827. The summed E-state index contributed by atoms with van der Waals surface area (Å²) in [6.07, 6.45) is 0. The number of rotatable bonds is 5. The molecule has 3 N–H and O–H groups in total. The Morgan fingerprint density at radius 2 is 1.73 bits per heavy atom. The van der Waals surface area contributed by atoms with E-state index in [-0.39, 0.29) is 5.69 Å². The average molecular weight is 380 g/mol. The van der Waals surface area contributed by atoms with E-state index in [4.69, 9.17) is 16.3 Å². The lowest BCUT2D eigenvalue weighted by molar-refractivity contribution is -0.136. The van der Waals surface area contributed by atoms with Crippen molar-refractivity contribution < 1.29 is 23.5 Å². The molecule has 0 spiro atoms. The molecule has 0 aromatic heterocycles. The van der Waals surface area contributed by atoms with E-state index in [0.717, 1.165) is 12.1 Å². The van der Waals surface area contributed by atoms with Crippen LogP contribution in [-0.4, -0.2) is 31.4 Å². The topological polar surface area (TPSA) is 96.5 Å². The highest BCUT2D eigenvalue weighted by Gasteiger charge is 2.15. The molecule has 2 aromatic carbocycles. The van der Waals surface area contributed by atoms with Crippen molar-refractivity contribution in [1.82, 2.24) is 5.32 Å². The molecule has 0 bridgehead atoms. The Morgan fingerprint density at radius 1 is 1.04 bits per heavy atom. The zero-order chi connectivity index (χ0) is 19.1. The highest BCUT2D eigenvalue weighted by atomic mass is 35.5. The van der Waals surface area contributed by atoms with Crippen molar-refractivity contribution in [3.05, 3.63) is 53.3 Å². The zero-order valence-corrected chi connectivity index (χ0v) is 14.4. The first-order valence-electron chi connectivity index (χ1n) is 7.37. The fourth-order valence-corrected chi connectivity index (χ4v) is 2.11. The Balaban J connectivity index is 1.86. The van der Waals surface area contributed by atoms with Gasteiger partial charge in [0.05, 0.1) is 19.3 Å². The molecule has 0 aliphatic heterocycles. The molecule has 7 nitrogen and oxygen atoms in total. The lowest BCUT2D eigenvalue weighted by atomic mass is 10.3. The van der Waals surface area contributed by atoms with Crippen LogP contribution in [0.2, 0.25) is 5.02 Å². The van der Waals surface area contributed by atoms with E-state index in [1.807, 2.05) is 0 Å². The van der Waals surface area contributed by atoms with Gasteiger partial charge in [-0.1, -0.05) is 11.6 Å². The summed E-state index contributed by atoms with van der Waals surface area (Å²) in [4.78, 5) is 35.4. The third-order valence-corrected chi connectivity index (χ3v) is 3.39. The minimum absolute atomic E-state index is 0.250. The number of carbonyl (C=O) groups is 3. The second kappa shape index (κ2) is 8.82. The Morgan fingerprint density at radius 3 is 2.38 bits per heavy atom. The average Bonchev–Trinajstić information content (AvgIpc) is 2.61. The van der Waals surface area contributed by atoms with Gasteiger partial charge in [-0.15, -0.1) is 0 Å².